The second-order valence-electron chi connectivity index (χ2n) is 3.30. The normalized spacial score (nSPS) is 55.3. The molecule has 0 radical (unpaired) electrons. The van der Waals surface area contributed by atoms with E-state index in [2.05, 4.69) is 12.2 Å². The zero-order valence-corrected chi connectivity index (χ0v) is 5.67. The molecule has 0 aromatic heterocycles. The van der Waals surface area contributed by atoms with Crippen LogP contribution in [-0.2, 0) is 0 Å². The maximum absolute atomic E-state index is 8.82. The van der Waals surface area contributed by atoms with Crippen molar-refractivity contribution in [1.82, 2.24) is 5.32 Å². The Morgan fingerprint density at radius 2 is 2.44 bits per heavy atom. The second kappa shape index (κ2) is 1.70. The van der Waals surface area contributed by atoms with E-state index in [1.54, 1.807) is 0 Å². The average Bonchev–Trinajstić information content (AvgIpc) is 2.41. The molecule has 2 fully saturated rings. The van der Waals surface area contributed by atoms with Crippen molar-refractivity contribution in [1.29, 1.82) is 0 Å². The van der Waals surface area contributed by atoms with Gasteiger partial charge in [0, 0.05) is 6.04 Å². The van der Waals surface area contributed by atoms with Gasteiger partial charge in [-0.05, 0) is 24.3 Å². The molecule has 1 heterocycles. The Morgan fingerprint density at radius 3 is 2.78 bits per heavy atom. The lowest BCUT2D eigenvalue weighted by atomic mass is 10.2. The number of piperidine rings is 1. The van der Waals surface area contributed by atoms with Gasteiger partial charge in [0.05, 0.1) is 6.61 Å². The standard InChI is InChI=1S/C7H13NO/c1-4-5-2-8-6(3-9)7(4)5/h4-9H,2-3H2,1H3. The van der Waals surface area contributed by atoms with Gasteiger partial charge in [-0.15, -0.1) is 0 Å². The Morgan fingerprint density at radius 1 is 1.67 bits per heavy atom. The first-order valence-electron chi connectivity index (χ1n) is 3.69. The predicted octanol–water partition coefficient (Wildman–Crippen LogP) is -0.167. The van der Waals surface area contributed by atoms with Crippen molar-refractivity contribution < 1.29 is 5.11 Å². The Kier molecular flexibility index (Phi) is 1.08. The largest absolute Gasteiger partial charge is 0.395 e. The van der Waals surface area contributed by atoms with Gasteiger partial charge < -0.3 is 10.4 Å². The van der Waals surface area contributed by atoms with Crippen molar-refractivity contribution in [3.63, 3.8) is 0 Å². The molecule has 0 amide bonds. The number of hydrogen-bond acceptors (Lipinski definition) is 2. The van der Waals surface area contributed by atoms with Gasteiger partial charge >= 0.3 is 0 Å². The summed E-state index contributed by atoms with van der Waals surface area (Å²) in [7, 11) is 0. The first-order chi connectivity index (χ1) is 4.34. The highest BCUT2D eigenvalue weighted by atomic mass is 16.3. The van der Waals surface area contributed by atoms with E-state index in [0.29, 0.717) is 12.6 Å². The van der Waals surface area contributed by atoms with Crippen LogP contribution in [0.5, 0.6) is 0 Å². The number of aliphatic hydroxyl groups excluding tert-OH is 1. The summed E-state index contributed by atoms with van der Waals surface area (Å²) in [4.78, 5) is 0. The molecule has 0 bridgehead atoms. The molecular weight excluding hydrogens is 114 g/mol. The Labute approximate surface area is 55.3 Å². The van der Waals surface area contributed by atoms with Gasteiger partial charge in [-0.2, -0.15) is 0 Å². The third kappa shape index (κ3) is 0.634. The summed E-state index contributed by atoms with van der Waals surface area (Å²) in [6.07, 6.45) is 0. The number of rotatable bonds is 1. The van der Waals surface area contributed by atoms with E-state index in [0.717, 1.165) is 24.3 Å². The Balaban J connectivity index is 1.99. The Hall–Kier alpha value is -0.0800. The zero-order chi connectivity index (χ0) is 6.43. The molecule has 4 unspecified atom stereocenters. The molecule has 1 saturated heterocycles. The van der Waals surface area contributed by atoms with E-state index >= 15 is 0 Å². The van der Waals surface area contributed by atoms with Crippen LogP contribution < -0.4 is 5.32 Å². The molecule has 2 heteroatoms. The number of hydrogen-bond donors (Lipinski definition) is 2. The van der Waals surface area contributed by atoms with Crippen molar-refractivity contribution in [2.45, 2.75) is 13.0 Å². The van der Waals surface area contributed by atoms with Gasteiger partial charge in [-0.3, -0.25) is 0 Å². The number of fused-ring (bicyclic) bond motifs is 1. The SMILES string of the molecule is CC1C2CNC(CO)C12. The molecule has 9 heavy (non-hydrogen) atoms. The molecule has 52 valence electrons. The summed E-state index contributed by atoms with van der Waals surface area (Å²) >= 11 is 0. The van der Waals surface area contributed by atoms with Crippen LogP contribution in [0.25, 0.3) is 0 Å². The number of nitrogens with one attached hydrogen (secondary N) is 1. The molecular formula is C7H13NO. The zero-order valence-electron chi connectivity index (χ0n) is 5.67. The lowest BCUT2D eigenvalue weighted by Gasteiger charge is -2.09. The second-order valence-corrected chi connectivity index (χ2v) is 3.30. The third-order valence-corrected chi connectivity index (χ3v) is 2.91. The minimum Gasteiger partial charge on any atom is -0.395 e. The molecule has 4 atom stereocenters. The molecule has 0 spiro atoms. The fourth-order valence-corrected chi connectivity index (χ4v) is 2.18. The Bertz CT molecular complexity index is 126. The topological polar surface area (TPSA) is 32.3 Å². The minimum absolute atomic E-state index is 0.325. The van der Waals surface area contributed by atoms with Gasteiger partial charge in [0.15, 0.2) is 0 Å². The maximum atomic E-state index is 8.82. The van der Waals surface area contributed by atoms with E-state index in [1.165, 1.54) is 0 Å². The summed E-state index contributed by atoms with van der Waals surface area (Å²) in [5, 5.41) is 12.1. The predicted molar refractivity (Wildman–Crippen MR) is 35.0 cm³/mol. The van der Waals surface area contributed by atoms with E-state index in [-0.39, 0.29) is 0 Å². The van der Waals surface area contributed by atoms with Crippen LogP contribution in [0.3, 0.4) is 0 Å². The highest BCUT2D eigenvalue weighted by Crippen LogP contribution is 2.51. The summed E-state index contributed by atoms with van der Waals surface area (Å²) in [5.74, 6) is 2.57. The molecule has 1 aliphatic carbocycles. The monoisotopic (exact) mass is 127 g/mol. The first kappa shape index (κ1) is 5.69. The van der Waals surface area contributed by atoms with Crippen molar-refractivity contribution in [3.05, 3.63) is 0 Å². The average molecular weight is 127 g/mol. The van der Waals surface area contributed by atoms with E-state index < -0.39 is 0 Å². The van der Waals surface area contributed by atoms with E-state index in [9.17, 15) is 0 Å². The quantitative estimate of drug-likeness (QED) is 0.512. The van der Waals surface area contributed by atoms with Crippen LogP contribution >= 0.6 is 0 Å². The smallest absolute Gasteiger partial charge is 0.0587 e. The highest BCUT2D eigenvalue weighted by Gasteiger charge is 2.54. The highest BCUT2D eigenvalue weighted by molar-refractivity contribution is 5.07. The summed E-state index contributed by atoms with van der Waals surface area (Å²) in [5.41, 5.74) is 0. The molecule has 2 N–H and O–H groups in total. The summed E-state index contributed by atoms with van der Waals surface area (Å²) in [6, 6.07) is 0.421. The van der Waals surface area contributed by atoms with Crippen LogP contribution in [0.15, 0.2) is 0 Å². The number of aliphatic hydroxyl groups is 1. The molecule has 2 nitrogen and oxygen atoms in total. The van der Waals surface area contributed by atoms with Crippen molar-refractivity contribution >= 4 is 0 Å². The molecule has 2 aliphatic rings. The van der Waals surface area contributed by atoms with Crippen molar-refractivity contribution in [3.8, 4) is 0 Å². The van der Waals surface area contributed by atoms with Gasteiger partial charge in [0.2, 0.25) is 0 Å². The fourth-order valence-electron chi connectivity index (χ4n) is 2.18. The molecule has 0 aromatic carbocycles. The molecule has 1 aliphatic heterocycles. The van der Waals surface area contributed by atoms with Crippen LogP contribution in [-0.4, -0.2) is 24.3 Å². The van der Waals surface area contributed by atoms with Gasteiger partial charge in [-0.1, -0.05) is 6.92 Å². The van der Waals surface area contributed by atoms with Crippen molar-refractivity contribution in [2.75, 3.05) is 13.2 Å². The fraction of sp³-hybridized carbons (Fsp3) is 1.00. The first-order valence-corrected chi connectivity index (χ1v) is 3.69. The minimum atomic E-state index is 0.325. The lowest BCUT2D eigenvalue weighted by Crippen LogP contribution is -2.31. The van der Waals surface area contributed by atoms with Crippen molar-refractivity contribution in [2.24, 2.45) is 17.8 Å². The van der Waals surface area contributed by atoms with Crippen LogP contribution in [0.1, 0.15) is 6.92 Å². The van der Waals surface area contributed by atoms with E-state index in [1.807, 2.05) is 0 Å². The van der Waals surface area contributed by atoms with Gasteiger partial charge in [-0.25, -0.2) is 0 Å². The van der Waals surface area contributed by atoms with E-state index in [4.69, 9.17) is 5.11 Å². The molecule has 1 saturated carbocycles. The molecule has 0 aromatic rings. The maximum Gasteiger partial charge on any atom is 0.0587 e. The van der Waals surface area contributed by atoms with Crippen LogP contribution in [0.2, 0.25) is 0 Å². The molecule has 2 rings (SSSR count). The summed E-state index contributed by atoms with van der Waals surface area (Å²) in [6.45, 7) is 3.74. The third-order valence-electron chi connectivity index (χ3n) is 2.91. The lowest BCUT2D eigenvalue weighted by molar-refractivity contribution is 0.237. The van der Waals surface area contributed by atoms with Crippen LogP contribution in [0, 0.1) is 17.8 Å². The summed E-state index contributed by atoms with van der Waals surface area (Å²) < 4.78 is 0. The van der Waals surface area contributed by atoms with Gasteiger partial charge in [0.1, 0.15) is 0 Å². The van der Waals surface area contributed by atoms with Crippen LogP contribution in [0.4, 0.5) is 0 Å². The van der Waals surface area contributed by atoms with Gasteiger partial charge in [0.25, 0.3) is 0 Å².